The van der Waals surface area contributed by atoms with Crippen LogP contribution in [0.5, 0.6) is 11.5 Å². The highest BCUT2D eigenvalue weighted by molar-refractivity contribution is 6.30. The fourth-order valence-corrected chi connectivity index (χ4v) is 3.13. The summed E-state index contributed by atoms with van der Waals surface area (Å²) < 4.78 is 11.2. The zero-order valence-corrected chi connectivity index (χ0v) is 15.0. The molecule has 0 atom stereocenters. The molecule has 6 heteroatoms. The maximum atomic E-state index is 6.19. The zero-order valence-electron chi connectivity index (χ0n) is 14.3. The second-order valence-electron chi connectivity index (χ2n) is 5.99. The Morgan fingerprint density at radius 1 is 1.04 bits per heavy atom. The Morgan fingerprint density at radius 2 is 1.67 bits per heavy atom. The molecular weight excluding hydrogens is 326 g/mol. The van der Waals surface area contributed by atoms with Gasteiger partial charge in [0, 0.05) is 31.5 Å². The molecule has 1 aromatic carbocycles. The Kier molecular flexibility index (Phi) is 5.09. The van der Waals surface area contributed by atoms with Crippen molar-refractivity contribution in [2.45, 2.75) is 32.8 Å². The average molecular weight is 348 g/mol. The molecule has 1 aromatic heterocycles. The number of aromatic nitrogens is 2. The summed E-state index contributed by atoms with van der Waals surface area (Å²) in [5, 5.41) is 0.536. The molecule has 5 nitrogen and oxygen atoms in total. The Bertz CT molecular complexity index is 698. The first-order valence-electron chi connectivity index (χ1n) is 8.13. The minimum absolute atomic E-state index is 0.216. The van der Waals surface area contributed by atoms with Gasteiger partial charge < -0.3 is 14.4 Å². The summed E-state index contributed by atoms with van der Waals surface area (Å²) in [6.07, 6.45) is 2.12. The normalized spacial score (nSPS) is 15.4. The molecule has 128 valence electrons. The monoisotopic (exact) mass is 347 g/mol. The minimum Gasteiger partial charge on any atom is -0.497 e. The number of ether oxygens (including phenoxy) is 2. The van der Waals surface area contributed by atoms with Crippen LogP contribution in [-0.4, -0.2) is 36.3 Å². The Labute approximate surface area is 147 Å². The van der Waals surface area contributed by atoms with Gasteiger partial charge in [-0.1, -0.05) is 11.6 Å². The van der Waals surface area contributed by atoms with Gasteiger partial charge in [-0.3, -0.25) is 0 Å². The van der Waals surface area contributed by atoms with Crippen LogP contribution < -0.4 is 14.4 Å². The van der Waals surface area contributed by atoms with Crippen molar-refractivity contribution in [3.8, 4) is 11.5 Å². The second kappa shape index (κ2) is 7.26. The summed E-state index contributed by atoms with van der Waals surface area (Å²) in [4.78, 5) is 11.0. The number of anilines is 1. The number of hydrogen-bond donors (Lipinski definition) is 0. The summed E-state index contributed by atoms with van der Waals surface area (Å²) >= 11 is 6.19. The van der Waals surface area contributed by atoms with Crippen LogP contribution in [0.4, 0.5) is 5.82 Å². The molecule has 24 heavy (non-hydrogen) atoms. The van der Waals surface area contributed by atoms with Gasteiger partial charge in [0.1, 0.15) is 34.4 Å². The minimum atomic E-state index is 0.216. The molecule has 0 bridgehead atoms. The average Bonchev–Trinajstić information content (AvgIpc) is 2.59. The maximum Gasteiger partial charge on any atom is 0.137 e. The largest absolute Gasteiger partial charge is 0.497 e. The smallest absolute Gasteiger partial charge is 0.137 e. The molecule has 1 aliphatic heterocycles. The molecule has 0 aliphatic carbocycles. The molecule has 2 heterocycles. The van der Waals surface area contributed by atoms with Crippen LogP contribution in [0.3, 0.4) is 0 Å². The molecule has 2 aromatic rings. The van der Waals surface area contributed by atoms with Gasteiger partial charge in [-0.05, 0) is 38.1 Å². The summed E-state index contributed by atoms with van der Waals surface area (Å²) in [5.41, 5.74) is 0.941. The first-order valence-corrected chi connectivity index (χ1v) is 8.51. The Morgan fingerprint density at radius 3 is 2.29 bits per heavy atom. The van der Waals surface area contributed by atoms with E-state index in [4.69, 9.17) is 21.1 Å². The highest BCUT2D eigenvalue weighted by Crippen LogP contribution is 2.27. The van der Waals surface area contributed by atoms with Crippen LogP contribution >= 0.6 is 11.6 Å². The molecule has 0 radical (unpaired) electrons. The first-order chi connectivity index (χ1) is 11.6. The quantitative estimate of drug-likeness (QED) is 0.787. The fourth-order valence-electron chi connectivity index (χ4n) is 2.92. The lowest BCUT2D eigenvalue weighted by molar-refractivity contribution is 0.170. The number of aryl methyl sites for hydroxylation is 1. The van der Waals surface area contributed by atoms with Gasteiger partial charge >= 0.3 is 0 Å². The molecule has 1 saturated heterocycles. The summed E-state index contributed by atoms with van der Waals surface area (Å²) in [7, 11) is 1.66. The third-order valence-electron chi connectivity index (χ3n) is 4.28. The van der Waals surface area contributed by atoms with Crippen LogP contribution in [-0.2, 0) is 0 Å². The van der Waals surface area contributed by atoms with E-state index in [0.717, 1.165) is 48.8 Å². The van der Waals surface area contributed by atoms with Crippen molar-refractivity contribution in [2.75, 3.05) is 25.1 Å². The highest BCUT2D eigenvalue weighted by Gasteiger charge is 2.23. The number of nitrogens with zero attached hydrogens (tertiary/aromatic N) is 3. The molecule has 3 rings (SSSR count). The molecule has 0 amide bonds. The number of benzene rings is 1. The van der Waals surface area contributed by atoms with E-state index in [1.54, 1.807) is 7.11 Å². The van der Waals surface area contributed by atoms with E-state index in [1.165, 1.54) is 0 Å². The standard InChI is InChI=1S/C18H22ClN3O2/c1-12-17(19)20-13(2)21-18(12)22-10-8-16(9-11-22)24-15-6-4-14(23-3)5-7-15/h4-7,16H,8-11H2,1-3H3. The molecule has 0 N–H and O–H groups in total. The van der Waals surface area contributed by atoms with Crippen LogP contribution in [0.15, 0.2) is 24.3 Å². The van der Waals surface area contributed by atoms with Gasteiger partial charge in [0.25, 0.3) is 0 Å². The van der Waals surface area contributed by atoms with Crippen molar-refractivity contribution < 1.29 is 9.47 Å². The van der Waals surface area contributed by atoms with E-state index in [9.17, 15) is 0 Å². The number of methoxy groups -OCH3 is 1. The van der Waals surface area contributed by atoms with Gasteiger partial charge in [0.2, 0.25) is 0 Å². The summed E-state index contributed by atoms with van der Waals surface area (Å²) in [6, 6.07) is 7.73. The van der Waals surface area contributed by atoms with E-state index in [2.05, 4.69) is 14.9 Å². The van der Waals surface area contributed by atoms with Crippen molar-refractivity contribution in [3.05, 3.63) is 40.8 Å². The number of hydrogen-bond acceptors (Lipinski definition) is 5. The SMILES string of the molecule is COc1ccc(OC2CCN(c3nc(C)nc(Cl)c3C)CC2)cc1. The molecular formula is C18H22ClN3O2. The number of rotatable bonds is 4. The highest BCUT2D eigenvalue weighted by atomic mass is 35.5. The first kappa shape index (κ1) is 16.8. The Balaban J connectivity index is 1.61. The van der Waals surface area contributed by atoms with Gasteiger partial charge in [-0.25, -0.2) is 9.97 Å². The van der Waals surface area contributed by atoms with Crippen LogP contribution in [0, 0.1) is 13.8 Å². The van der Waals surface area contributed by atoms with E-state index in [-0.39, 0.29) is 6.10 Å². The van der Waals surface area contributed by atoms with Crippen LogP contribution in [0.25, 0.3) is 0 Å². The van der Waals surface area contributed by atoms with Crippen molar-refractivity contribution in [2.24, 2.45) is 0 Å². The van der Waals surface area contributed by atoms with Crippen molar-refractivity contribution >= 4 is 17.4 Å². The van der Waals surface area contributed by atoms with E-state index in [1.807, 2.05) is 38.1 Å². The van der Waals surface area contributed by atoms with Crippen LogP contribution in [0.1, 0.15) is 24.2 Å². The summed E-state index contributed by atoms with van der Waals surface area (Å²) in [5.74, 6) is 3.36. The lowest BCUT2D eigenvalue weighted by Gasteiger charge is -2.33. The topological polar surface area (TPSA) is 47.5 Å². The third kappa shape index (κ3) is 3.73. The molecule has 1 fully saturated rings. The van der Waals surface area contributed by atoms with Gasteiger partial charge in [0.15, 0.2) is 0 Å². The fraction of sp³-hybridized carbons (Fsp3) is 0.444. The predicted octanol–water partition coefficient (Wildman–Crippen LogP) is 3.80. The van der Waals surface area contributed by atoms with Crippen molar-refractivity contribution in [1.82, 2.24) is 9.97 Å². The lowest BCUT2D eigenvalue weighted by Crippen LogP contribution is -2.39. The molecule has 1 aliphatic rings. The number of halogens is 1. The van der Waals surface area contributed by atoms with Crippen molar-refractivity contribution in [3.63, 3.8) is 0 Å². The van der Waals surface area contributed by atoms with Crippen molar-refractivity contribution in [1.29, 1.82) is 0 Å². The van der Waals surface area contributed by atoms with E-state index in [0.29, 0.717) is 11.0 Å². The predicted molar refractivity (Wildman–Crippen MR) is 95.4 cm³/mol. The molecule has 0 saturated carbocycles. The second-order valence-corrected chi connectivity index (χ2v) is 6.35. The number of piperidine rings is 1. The lowest BCUT2D eigenvalue weighted by atomic mass is 10.1. The Hall–Kier alpha value is -2.01. The zero-order chi connectivity index (χ0) is 17.1. The summed E-state index contributed by atoms with van der Waals surface area (Å²) in [6.45, 7) is 5.63. The third-order valence-corrected chi connectivity index (χ3v) is 4.64. The molecule has 0 unspecified atom stereocenters. The molecule has 0 spiro atoms. The van der Waals surface area contributed by atoms with E-state index < -0.39 is 0 Å². The van der Waals surface area contributed by atoms with E-state index >= 15 is 0 Å². The maximum absolute atomic E-state index is 6.19. The van der Waals surface area contributed by atoms with Gasteiger partial charge in [0.05, 0.1) is 7.11 Å². The van der Waals surface area contributed by atoms with Gasteiger partial charge in [-0.2, -0.15) is 0 Å². The van der Waals surface area contributed by atoms with Gasteiger partial charge in [-0.15, -0.1) is 0 Å². The van der Waals surface area contributed by atoms with Crippen LogP contribution in [0.2, 0.25) is 5.15 Å².